The molecule has 110 valence electrons. The number of anilines is 1. The Bertz CT molecular complexity index is 474. The molecule has 0 saturated carbocycles. The first-order valence-electron chi connectivity index (χ1n) is 6.64. The molecule has 2 atom stereocenters. The van der Waals surface area contributed by atoms with Crippen molar-refractivity contribution in [3.8, 4) is 0 Å². The minimum Gasteiger partial charge on any atom is -0.355 e. The first-order chi connectivity index (χ1) is 9.43. The number of likely N-dealkylation sites (N-methyl/N-ethyl adjacent to an activating group) is 1. The lowest BCUT2D eigenvalue weighted by Crippen LogP contribution is -2.46. The number of carbonyl (C=O) groups is 2. The van der Waals surface area contributed by atoms with Gasteiger partial charge in [-0.25, -0.2) is 4.79 Å². The molecule has 1 aromatic rings. The lowest BCUT2D eigenvalue weighted by Gasteiger charge is -2.15. The number of hydrogen-bond acceptors (Lipinski definition) is 3. The van der Waals surface area contributed by atoms with E-state index in [1.165, 1.54) is 0 Å². The standard InChI is InChI=1S/C14H22N4O2/c1-4-16-13(19)10(3)17-14(20)18-12-7-5-6-11(8-12)9(2)15/h5-10H,4,15H2,1-3H3,(H,16,19)(H2,17,18,20). The van der Waals surface area contributed by atoms with E-state index in [0.717, 1.165) is 5.56 Å². The van der Waals surface area contributed by atoms with Gasteiger partial charge in [-0.3, -0.25) is 4.79 Å². The third-order valence-electron chi connectivity index (χ3n) is 2.76. The van der Waals surface area contributed by atoms with Crippen LogP contribution in [-0.2, 0) is 4.79 Å². The molecule has 0 bridgehead atoms. The monoisotopic (exact) mass is 278 g/mol. The van der Waals surface area contributed by atoms with Gasteiger partial charge in [0.2, 0.25) is 5.91 Å². The van der Waals surface area contributed by atoms with Crippen molar-refractivity contribution in [3.63, 3.8) is 0 Å². The Labute approximate surface area is 119 Å². The third kappa shape index (κ3) is 4.89. The van der Waals surface area contributed by atoms with Crippen molar-refractivity contribution in [2.45, 2.75) is 32.9 Å². The summed E-state index contributed by atoms with van der Waals surface area (Å²) < 4.78 is 0. The molecule has 0 aromatic heterocycles. The lowest BCUT2D eigenvalue weighted by molar-refractivity contribution is -0.122. The fourth-order valence-electron chi connectivity index (χ4n) is 1.66. The minimum absolute atomic E-state index is 0.103. The van der Waals surface area contributed by atoms with Gasteiger partial charge < -0.3 is 21.7 Å². The van der Waals surface area contributed by atoms with Crippen LogP contribution in [0.2, 0.25) is 0 Å². The smallest absolute Gasteiger partial charge is 0.319 e. The number of amides is 3. The molecule has 0 saturated heterocycles. The molecule has 1 aromatic carbocycles. The molecular formula is C14H22N4O2. The van der Waals surface area contributed by atoms with E-state index in [4.69, 9.17) is 5.73 Å². The van der Waals surface area contributed by atoms with Gasteiger partial charge in [-0.15, -0.1) is 0 Å². The molecule has 0 spiro atoms. The fourth-order valence-corrected chi connectivity index (χ4v) is 1.66. The maximum atomic E-state index is 11.8. The Kier molecular flexibility index (Phi) is 5.99. The highest BCUT2D eigenvalue weighted by Crippen LogP contribution is 2.15. The Morgan fingerprint density at radius 1 is 1.30 bits per heavy atom. The summed E-state index contributed by atoms with van der Waals surface area (Å²) in [6.45, 7) is 5.85. The van der Waals surface area contributed by atoms with E-state index >= 15 is 0 Å². The number of hydrogen-bond donors (Lipinski definition) is 4. The van der Waals surface area contributed by atoms with E-state index in [-0.39, 0.29) is 11.9 Å². The molecule has 3 amide bonds. The molecular weight excluding hydrogens is 256 g/mol. The van der Waals surface area contributed by atoms with Crippen LogP contribution in [0.5, 0.6) is 0 Å². The molecule has 0 heterocycles. The maximum Gasteiger partial charge on any atom is 0.319 e. The van der Waals surface area contributed by atoms with E-state index in [1.54, 1.807) is 19.1 Å². The Morgan fingerprint density at radius 3 is 2.60 bits per heavy atom. The molecule has 5 N–H and O–H groups in total. The quantitative estimate of drug-likeness (QED) is 0.654. The largest absolute Gasteiger partial charge is 0.355 e. The van der Waals surface area contributed by atoms with Crippen molar-refractivity contribution >= 4 is 17.6 Å². The topological polar surface area (TPSA) is 96.2 Å². The minimum atomic E-state index is -0.591. The summed E-state index contributed by atoms with van der Waals surface area (Å²) in [6.07, 6.45) is 0. The van der Waals surface area contributed by atoms with Gasteiger partial charge in [0.15, 0.2) is 0 Å². The Morgan fingerprint density at radius 2 is 2.00 bits per heavy atom. The summed E-state index contributed by atoms with van der Waals surface area (Å²) in [4.78, 5) is 23.3. The van der Waals surface area contributed by atoms with Crippen molar-refractivity contribution in [3.05, 3.63) is 29.8 Å². The van der Waals surface area contributed by atoms with Crippen LogP contribution in [0.15, 0.2) is 24.3 Å². The van der Waals surface area contributed by atoms with E-state index in [9.17, 15) is 9.59 Å². The first-order valence-corrected chi connectivity index (χ1v) is 6.64. The van der Waals surface area contributed by atoms with E-state index in [0.29, 0.717) is 12.2 Å². The second-order valence-corrected chi connectivity index (χ2v) is 4.63. The van der Waals surface area contributed by atoms with Crippen molar-refractivity contribution in [2.24, 2.45) is 5.73 Å². The van der Waals surface area contributed by atoms with Gasteiger partial charge in [0.1, 0.15) is 6.04 Å². The molecule has 0 aliphatic rings. The van der Waals surface area contributed by atoms with Gasteiger partial charge in [0, 0.05) is 18.3 Å². The zero-order chi connectivity index (χ0) is 15.1. The summed E-state index contributed by atoms with van der Waals surface area (Å²) in [5.41, 5.74) is 7.36. The first kappa shape index (κ1) is 16.0. The predicted molar refractivity (Wildman–Crippen MR) is 79.3 cm³/mol. The second-order valence-electron chi connectivity index (χ2n) is 4.63. The van der Waals surface area contributed by atoms with Crippen molar-refractivity contribution in [1.29, 1.82) is 0 Å². The van der Waals surface area contributed by atoms with Crippen LogP contribution < -0.4 is 21.7 Å². The van der Waals surface area contributed by atoms with E-state index in [1.807, 2.05) is 26.0 Å². The predicted octanol–water partition coefficient (Wildman–Crippen LogP) is 1.35. The highest BCUT2D eigenvalue weighted by atomic mass is 16.2. The number of benzene rings is 1. The van der Waals surface area contributed by atoms with Crippen LogP contribution in [0, 0.1) is 0 Å². The molecule has 0 radical (unpaired) electrons. The van der Waals surface area contributed by atoms with Gasteiger partial charge in [-0.05, 0) is 38.5 Å². The zero-order valence-electron chi connectivity index (χ0n) is 12.1. The molecule has 20 heavy (non-hydrogen) atoms. The van der Waals surface area contributed by atoms with Crippen LogP contribution >= 0.6 is 0 Å². The fraction of sp³-hybridized carbons (Fsp3) is 0.429. The summed E-state index contributed by atoms with van der Waals surface area (Å²) >= 11 is 0. The lowest BCUT2D eigenvalue weighted by atomic mass is 10.1. The molecule has 2 unspecified atom stereocenters. The highest BCUT2D eigenvalue weighted by molar-refractivity contribution is 5.93. The van der Waals surface area contributed by atoms with Crippen LogP contribution in [0.4, 0.5) is 10.5 Å². The zero-order valence-corrected chi connectivity index (χ0v) is 12.1. The number of nitrogens with one attached hydrogen (secondary N) is 3. The second kappa shape index (κ2) is 7.49. The van der Waals surface area contributed by atoms with Gasteiger partial charge in [-0.1, -0.05) is 12.1 Å². The molecule has 0 aliphatic heterocycles. The summed E-state index contributed by atoms with van der Waals surface area (Å²) in [5.74, 6) is -0.216. The van der Waals surface area contributed by atoms with E-state index in [2.05, 4.69) is 16.0 Å². The maximum absolute atomic E-state index is 11.8. The van der Waals surface area contributed by atoms with Gasteiger partial charge in [0.05, 0.1) is 0 Å². The Hall–Kier alpha value is -2.08. The Balaban J connectivity index is 2.58. The number of nitrogens with two attached hydrogens (primary N) is 1. The van der Waals surface area contributed by atoms with Gasteiger partial charge in [-0.2, -0.15) is 0 Å². The van der Waals surface area contributed by atoms with Gasteiger partial charge in [0.25, 0.3) is 0 Å². The SMILES string of the molecule is CCNC(=O)C(C)NC(=O)Nc1cccc(C(C)N)c1. The van der Waals surface area contributed by atoms with Crippen LogP contribution in [0.1, 0.15) is 32.4 Å². The van der Waals surface area contributed by atoms with Crippen molar-refractivity contribution in [2.75, 3.05) is 11.9 Å². The molecule has 1 rings (SSSR count). The summed E-state index contributed by atoms with van der Waals surface area (Å²) in [7, 11) is 0. The number of rotatable bonds is 5. The molecule has 0 aliphatic carbocycles. The summed E-state index contributed by atoms with van der Waals surface area (Å²) in [5, 5.41) is 7.89. The molecule has 0 fully saturated rings. The van der Waals surface area contributed by atoms with Crippen molar-refractivity contribution < 1.29 is 9.59 Å². The molecule has 6 heteroatoms. The third-order valence-corrected chi connectivity index (χ3v) is 2.76. The average Bonchev–Trinajstić information content (AvgIpc) is 2.39. The number of carbonyl (C=O) groups excluding carboxylic acids is 2. The van der Waals surface area contributed by atoms with Crippen LogP contribution in [-0.4, -0.2) is 24.5 Å². The van der Waals surface area contributed by atoms with Crippen molar-refractivity contribution in [1.82, 2.24) is 10.6 Å². The van der Waals surface area contributed by atoms with E-state index < -0.39 is 12.1 Å². The molecule has 6 nitrogen and oxygen atoms in total. The van der Waals surface area contributed by atoms with Crippen LogP contribution in [0.25, 0.3) is 0 Å². The van der Waals surface area contributed by atoms with Crippen LogP contribution in [0.3, 0.4) is 0 Å². The average molecular weight is 278 g/mol. The number of urea groups is 1. The summed E-state index contributed by atoms with van der Waals surface area (Å²) in [6, 6.07) is 6.17. The van der Waals surface area contributed by atoms with Gasteiger partial charge >= 0.3 is 6.03 Å². The normalized spacial score (nSPS) is 13.2. The highest BCUT2D eigenvalue weighted by Gasteiger charge is 2.14.